The molecular weight excluding hydrogens is 251 g/mol. The first kappa shape index (κ1) is 13.8. The number of benzene rings is 1. The minimum atomic E-state index is -4.96. The zero-order valence-electron chi connectivity index (χ0n) is 9.21. The van der Waals surface area contributed by atoms with Crippen LogP contribution in [0.2, 0.25) is 0 Å². The molecule has 0 saturated heterocycles. The Kier molecular flexibility index (Phi) is 3.81. The highest BCUT2D eigenvalue weighted by atomic mass is 19.4. The van der Waals surface area contributed by atoms with Crippen LogP contribution < -0.4 is 0 Å². The maximum atomic E-state index is 12.7. The van der Waals surface area contributed by atoms with Gasteiger partial charge in [0.05, 0.1) is 17.7 Å². The summed E-state index contributed by atoms with van der Waals surface area (Å²) in [4.78, 5) is 11.3. The lowest BCUT2D eigenvalue weighted by Gasteiger charge is -2.14. The van der Waals surface area contributed by atoms with Crippen LogP contribution in [0.5, 0.6) is 5.75 Å². The Morgan fingerprint density at radius 3 is 2.56 bits per heavy atom. The van der Waals surface area contributed by atoms with E-state index in [9.17, 15) is 23.1 Å². The normalized spacial score (nSPS) is 10.8. The standard InChI is InChI=1S/C11H8F3NO3/c1-2-18-10(17)7-4-3-6(5-15)9(16)8(7)11(12,13)14/h3-4,16H,2H2,1H3. The Balaban J connectivity index is 3.50. The zero-order chi connectivity index (χ0) is 13.9. The number of carbonyl (C=O) groups is 1. The number of esters is 1. The molecule has 0 spiro atoms. The molecule has 0 saturated carbocycles. The molecular formula is C11H8F3NO3. The maximum absolute atomic E-state index is 12.7. The molecule has 0 aromatic heterocycles. The molecule has 0 unspecified atom stereocenters. The van der Waals surface area contributed by atoms with Gasteiger partial charge in [0, 0.05) is 0 Å². The van der Waals surface area contributed by atoms with Crippen molar-refractivity contribution in [3.63, 3.8) is 0 Å². The van der Waals surface area contributed by atoms with Crippen molar-refractivity contribution < 1.29 is 27.8 Å². The number of hydrogen-bond acceptors (Lipinski definition) is 4. The smallest absolute Gasteiger partial charge is 0.420 e. The van der Waals surface area contributed by atoms with Crippen LogP contribution in [0.15, 0.2) is 12.1 Å². The van der Waals surface area contributed by atoms with Crippen LogP contribution in [0.4, 0.5) is 13.2 Å². The van der Waals surface area contributed by atoms with E-state index in [2.05, 4.69) is 4.74 Å². The number of hydrogen-bond donors (Lipinski definition) is 1. The minimum Gasteiger partial charge on any atom is -0.506 e. The Bertz CT molecular complexity index is 517. The van der Waals surface area contributed by atoms with E-state index in [1.807, 2.05) is 0 Å². The first-order chi connectivity index (χ1) is 8.32. The lowest BCUT2D eigenvalue weighted by molar-refractivity contribution is -0.139. The molecule has 0 aliphatic heterocycles. The summed E-state index contributed by atoms with van der Waals surface area (Å²) in [5.74, 6) is -2.47. The van der Waals surface area contributed by atoms with Gasteiger partial charge in [0.15, 0.2) is 0 Å². The molecule has 0 radical (unpaired) electrons. The number of nitrogens with zero attached hydrogens (tertiary/aromatic N) is 1. The molecule has 0 aliphatic rings. The summed E-state index contributed by atoms with van der Waals surface area (Å²) in [7, 11) is 0. The molecule has 0 bridgehead atoms. The largest absolute Gasteiger partial charge is 0.506 e. The number of rotatable bonds is 2. The molecule has 0 heterocycles. The lowest BCUT2D eigenvalue weighted by atomic mass is 10.0. The lowest BCUT2D eigenvalue weighted by Crippen LogP contribution is -2.16. The van der Waals surface area contributed by atoms with Gasteiger partial charge in [0.2, 0.25) is 0 Å². The summed E-state index contributed by atoms with van der Waals surface area (Å²) in [5, 5.41) is 17.9. The Morgan fingerprint density at radius 2 is 2.11 bits per heavy atom. The molecule has 1 aromatic carbocycles. The fourth-order valence-corrected chi connectivity index (χ4v) is 1.35. The quantitative estimate of drug-likeness (QED) is 0.828. The van der Waals surface area contributed by atoms with E-state index in [0.717, 1.165) is 12.1 Å². The Morgan fingerprint density at radius 1 is 1.50 bits per heavy atom. The van der Waals surface area contributed by atoms with E-state index in [1.165, 1.54) is 13.0 Å². The SMILES string of the molecule is CCOC(=O)c1ccc(C#N)c(O)c1C(F)(F)F. The van der Waals surface area contributed by atoms with Gasteiger partial charge in [-0.3, -0.25) is 0 Å². The van der Waals surface area contributed by atoms with Crippen LogP contribution in [0.25, 0.3) is 0 Å². The van der Waals surface area contributed by atoms with Crippen molar-refractivity contribution in [3.05, 3.63) is 28.8 Å². The summed E-state index contributed by atoms with van der Waals surface area (Å²) in [6, 6.07) is 3.14. The molecule has 96 valence electrons. The molecule has 7 heteroatoms. The van der Waals surface area contributed by atoms with E-state index in [4.69, 9.17) is 5.26 Å². The van der Waals surface area contributed by atoms with Crippen molar-refractivity contribution in [2.24, 2.45) is 0 Å². The molecule has 4 nitrogen and oxygen atoms in total. The third-order valence-electron chi connectivity index (χ3n) is 2.08. The molecule has 1 aromatic rings. The summed E-state index contributed by atoms with van der Waals surface area (Å²) >= 11 is 0. The Labute approximate surface area is 100 Å². The second-order valence-corrected chi connectivity index (χ2v) is 3.21. The van der Waals surface area contributed by atoms with Crippen LogP contribution in [-0.4, -0.2) is 17.7 Å². The number of phenolic OH excluding ortho intramolecular Hbond substituents is 1. The van der Waals surface area contributed by atoms with Crippen molar-refractivity contribution in [2.75, 3.05) is 6.61 Å². The minimum absolute atomic E-state index is 0.100. The van der Waals surface area contributed by atoms with Gasteiger partial charge in [0.25, 0.3) is 0 Å². The predicted molar refractivity (Wildman–Crippen MR) is 53.8 cm³/mol. The summed E-state index contributed by atoms with van der Waals surface area (Å²) in [6.45, 7) is 1.34. The van der Waals surface area contributed by atoms with E-state index < -0.39 is 34.6 Å². The summed E-state index contributed by atoms with van der Waals surface area (Å²) in [5.41, 5.74) is -2.93. The average Bonchev–Trinajstić information content (AvgIpc) is 2.27. The molecule has 0 fully saturated rings. The van der Waals surface area contributed by atoms with E-state index >= 15 is 0 Å². The van der Waals surface area contributed by atoms with Crippen LogP contribution in [0.3, 0.4) is 0 Å². The third kappa shape index (κ3) is 2.53. The van der Waals surface area contributed by atoms with Gasteiger partial charge in [-0.1, -0.05) is 0 Å². The number of aromatic hydroxyl groups is 1. The van der Waals surface area contributed by atoms with Gasteiger partial charge in [-0.25, -0.2) is 4.79 Å². The van der Waals surface area contributed by atoms with Gasteiger partial charge in [0.1, 0.15) is 17.4 Å². The highest BCUT2D eigenvalue weighted by Crippen LogP contribution is 2.40. The van der Waals surface area contributed by atoms with Crippen LogP contribution in [-0.2, 0) is 10.9 Å². The molecule has 0 amide bonds. The number of phenols is 1. The van der Waals surface area contributed by atoms with Gasteiger partial charge in [-0.2, -0.15) is 18.4 Å². The number of carbonyl (C=O) groups excluding carboxylic acids is 1. The monoisotopic (exact) mass is 259 g/mol. The average molecular weight is 259 g/mol. The number of halogens is 3. The van der Waals surface area contributed by atoms with Crippen LogP contribution in [0.1, 0.15) is 28.4 Å². The maximum Gasteiger partial charge on any atom is 0.420 e. The molecule has 0 atom stereocenters. The summed E-state index contributed by atoms with van der Waals surface area (Å²) in [6.07, 6.45) is -4.96. The third-order valence-corrected chi connectivity index (χ3v) is 2.08. The van der Waals surface area contributed by atoms with E-state index in [-0.39, 0.29) is 6.61 Å². The van der Waals surface area contributed by atoms with Gasteiger partial charge >= 0.3 is 12.1 Å². The molecule has 0 aliphatic carbocycles. The molecule has 18 heavy (non-hydrogen) atoms. The second-order valence-electron chi connectivity index (χ2n) is 3.21. The van der Waals surface area contributed by atoms with Gasteiger partial charge in [-0.15, -0.1) is 0 Å². The van der Waals surface area contributed by atoms with E-state index in [1.54, 1.807) is 0 Å². The van der Waals surface area contributed by atoms with Crippen LogP contribution in [0, 0.1) is 11.3 Å². The zero-order valence-corrected chi connectivity index (χ0v) is 9.21. The highest BCUT2D eigenvalue weighted by Gasteiger charge is 2.40. The number of alkyl halides is 3. The van der Waals surface area contributed by atoms with Crippen molar-refractivity contribution in [2.45, 2.75) is 13.1 Å². The topological polar surface area (TPSA) is 70.3 Å². The van der Waals surface area contributed by atoms with Crippen molar-refractivity contribution in [3.8, 4) is 11.8 Å². The first-order valence-electron chi connectivity index (χ1n) is 4.83. The fraction of sp³-hybridized carbons (Fsp3) is 0.273. The van der Waals surface area contributed by atoms with Gasteiger partial charge in [-0.05, 0) is 19.1 Å². The van der Waals surface area contributed by atoms with Gasteiger partial charge < -0.3 is 9.84 Å². The van der Waals surface area contributed by atoms with Crippen LogP contribution >= 0.6 is 0 Å². The fourth-order valence-electron chi connectivity index (χ4n) is 1.35. The highest BCUT2D eigenvalue weighted by molar-refractivity contribution is 5.92. The summed E-state index contributed by atoms with van der Waals surface area (Å²) < 4.78 is 42.7. The number of nitriles is 1. The van der Waals surface area contributed by atoms with E-state index in [0.29, 0.717) is 0 Å². The van der Waals surface area contributed by atoms with Crippen molar-refractivity contribution in [1.29, 1.82) is 5.26 Å². The number of ether oxygens (including phenoxy) is 1. The molecule has 1 N–H and O–H groups in total. The van der Waals surface area contributed by atoms with Crippen molar-refractivity contribution >= 4 is 5.97 Å². The Hall–Kier alpha value is -2.23. The first-order valence-corrected chi connectivity index (χ1v) is 4.83. The predicted octanol–water partition coefficient (Wildman–Crippen LogP) is 2.46. The second kappa shape index (κ2) is 4.96. The van der Waals surface area contributed by atoms with Crippen molar-refractivity contribution in [1.82, 2.24) is 0 Å². The molecule has 1 rings (SSSR count).